The summed E-state index contributed by atoms with van der Waals surface area (Å²) >= 11 is 0. The van der Waals surface area contributed by atoms with E-state index in [1.165, 1.54) is 5.56 Å². The van der Waals surface area contributed by atoms with Crippen molar-refractivity contribution in [2.75, 3.05) is 0 Å². The molecule has 0 radical (unpaired) electrons. The normalized spacial score (nSPS) is 15.8. The highest BCUT2D eigenvalue weighted by molar-refractivity contribution is 5.82. The highest BCUT2D eigenvalue weighted by Crippen LogP contribution is 2.14. The third-order valence-electron chi connectivity index (χ3n) is 4.12. The molecule has 0 spiro atoms. The van der Waals surface area contributed by atoms with E-state index in [2.05, 4.69) is 17.3 Å². The standard InChI is InChI=1S/C15H28N4O/c1-7-9(2)14(16)15(20)17-10(3)8-13-11(4)18-19(6)12(13)5/h9-10,14H,7-8,16H2,1-6H3,(H,17,20). The van der Waals surface area contributed by atoms with E-state index in [0.717, 1.165) is 24.2 Å². The quantitative estimate of drug-likeness (QED) is 0.828. The van der Waals surface area contributed by atoms with Crippen molar-refractivity contribution in [1.29, 1.82) is 0 Å². The first-order chi connectivity index (χ1) is 9.27. The van der Waals surface area contributed by atoms with Crippen LogP contribution in [0.15, 0.2) is 0 Å². The zero-order valence-electron chi connectivity index (χ0n) is 13.5. The maximum Gasteiger partial charge on any atom is 0.237 e. The molecular formula is C15H28N4O. The molecule has 3 atom stereocenters. The largest absolute Gasteiger partial charge is 0.352 e. The SMILES string of the molecule is CCC(C)C(N)C(=O)NC(C)Cc1c(C)nn(C)c1C. The van der Waals surface area contributed by atoms with Crippen LogP contribution >= 0.6 is 0 Å². The summed E-state index contributed by atoms with van der Waals surface area (Å²) in [6.07, 6.45) is 1.69. The van der Waals surface area contributed by atoms with Crippen LogP contribution in [0.25, 0.3) is 0 Å². The Balaban J connectivity index is 2.64. The first-order valence-corrected chi connectivity index (χ1v) is 7.32. The summed E-state index contributed by atoms with van der Waals surface area (Å²) in [5.74, 6) is 0.134. The number of hydrogen-bond acceptors (Lipinski definition) is 3. The average Bonchev–Trinajstić information content (AvgIpc) is 2.63. The van der Waals surface area contributed by atoms with Gasteiger partial charge in [-0.05, 0) is 38.7 Å². The smallest absolute Gasteiger partial charge is 0.237 e. The van der Waals surface area contributed by atoms with Gasteiger partial charge in [-0.25, -0.2) is 0 Å². The first kappa shape index (κ1) is 16.7. The second kappa shape index (κ2) is 6.88. The predicted octanol–water partition coefficient (Wildman–Crippen LogP) is 1.46. The van der Waals surface area contributed by atoms with Gasteiger partial charge >= 0.3 is 0 Å². The number of nitrogens with two attached hydrogens (primary N) is 1. The lowest BCUT2D eigenvalue weighted by atomic mass is 9.98. The Morgan fingerprint density at radius 1 is 1.40 bits per heavy atom. The minimum absolute atomic E-state index is 0.0548. The molecule has 1 rings (SSSR count). The van der Waals surface area contributed by atoms with Crippen molar-refractivity contribution >= 4 is 5.91 Å². The van der Waals surface area contributed by atoms with Crippen molar-refractivity contribution < 1.29 is 4.79 Å². The van der Waals surface area contributed by atoms with Gasteiger partial charge in [0.1, 0.15) is 0 Å². The molecule has 1 aromatic rings. The van der Waals surface area contributed by atoms with Crippen LogP contribution in [0.3, 0.4) is 0 Å². The van der Waals surface area contributed by atoms with Crippen molar-refractivity contribution in [2.24, 2.45) is 18.7 Å². The molecule has 5 nitrogen and oxygen atoms in total. The molecule has 0 saturated carbocycles. The van der Waals surface area contributed by atoms with Gasteiger partial charge in [0, 0.05) is 18.8 Å². The molecule has 1 heterocycles. The van der Waals surface area contributed by atoms with Gasteiger partial charge in [0.25, 0.3) is 0 Å². The van der Waals surface area contributed by atoms with Crippen molar-refractivity contribution in [1.82, 2.24) is 15.1 Å². The summed E-state index contributed by atoms with van der Waals surface area (Å²) < 4.78 is 1.88. The number of amides is 1. The van der Waals surface area contributed by atoms with Gasteiger partial charge in [-0.2, -0.15) is 5.10 Å². The predicted molar refractivity (Wildman–Crippen MR) is 81.4 cm³/mol. The van der Waals surface area contributed by atoms with Gasteiger partial charge in [-0.15, -0.1) is 0 Å². The van der Waals surface area contributed by atoms with Crippen molar-refractivity contribution in [2.45, 2.75) is 59.5 Å². The average molecular weight is 280 g/mol. The summed E-state index contributed by atoms with van der Waals surface area (Å²) in [6.45, 7) is 10.1. The van der Waals surface area contributed by atoms with E-state index in [1.807, 2.05) is 39.4 Å². The zero-order valence-corrected chi connectivity index (χ0v) is 13.5. The maximum absolute atomic E-state index is 12.1. The second-order valence-electron chi connectivity index (χ2n) is 5.80. The van der Waals surface area contributed by atoms with E-state index in [4.69, 9.17) is 5.73 Å². The number of aromatic nitrogens is 2. The first-order valence-electron chi connectivity index (χ1n) is 7.32. The summed E-state index contributed by atoms with van der Waals surface area (Å²) in [5.41, 5.74) is 9.33. The lowest BCUT2D eigenvalue weighted by Crippen LogP contribution is -2.48. The molecule has 3 unspecified atom stereocenters. The molecule has 3 N–H and O–H groups in total. The van der Waals surface area contributed by atoms with Gasteiger partial charge < -0.3 is 11.1 Å². The molecule has 0 bridgehead atoms. The monoisotopic (exact) mass is 280 g/mol. The maximum atomic E-state index is 12.1. The third kappa shape index (κ3) is 3.82. The number of nitrogens with one attached hydrogen (secondary N) is 1. The fraction of sp³-hybridized carbons (Fsp3) is 0.733. The second-order valence-corrected chi connectivity index (χ2v) is 5.80. The molecular weight excluding hydrogens is 252 g/mol. The molecule has 0 aliphatic heterocycles. The molecule has 0 fully saturated rings. The Morgan fingerprint density at radius 2 is 2.00 bits per heavy atom. The van der Waals surface area contributed by atoms with Crippen LogP contribution in [0.1, 0.15) is 44.1 Å². The number of carbonyl (C=O) groups is 1. The minimum Gasteiger partial charge on any atom is -0.352 e. The van der Waals surface area contributed by atoms with E-state index in [9.17, 15) is 4.79 Å². The molecule has 1 aromatic heterocycles. The van der Waals surface area contributed by atoms with Crippen LogP contribution in [-0.4, -0.2) is 27.8 Å². The zero-order chi connectivity index (χ0) is 15.4. The van der Waals surface area contributed by atoms with Crippen LogP contribution in [0.5, 0.6) is 0 Å². The van der Waals surface area contributed by atoms with Crippen molar-refractivity contribution in [3.63, 3.8) is 0 Å². The molecule has 0 aliphatic rings. The van der Waals surface area contributed by atoms with E-state index in [1.54, 1.807) is 0 Å². The molecule has 1 amide bonds. The van der Waals surface area contributed by atoms with E-state index >= 15 is 0 Å². The Hall–Kier alpha value is -1.36. The summed E-state index contributed by atoms with van der Waals surface area (Å²) in [7, 11) is 1.94. The Kier molecular flexibility index (Phi) is 5.74. The highest BCUT2D eigenvalue weighted by atomic mass is 16.2. The third-order valence-corrected chi connectivity index (χ3v) is 4.12. The summed E-state index contributed by atoms with van der Waals surface area (Å²) in [5, 5.41) is 7.40. The topological polar surface area (TPSA) is 72.9 Å². The number of hydrogen-bond donors (Lipinski definition) is 2. The minimum atomic E-state index is -0.432. The van der Waals surface area contributed by atoms with Crippen molar-refractivity contribution in [3.8, 4) is 0 Å². The Morgan fingerprint density at radius 3 is 2.45 bits per heavy atom. The number of rotatable bonds is 6. The summed E-state index contributed by atoms with van der Waals surface area (Å²) in [6, 6.07) is -0.377. The number of carbonyl (C=O) groups excluding carboxylic acids is 1. The molecule has 20 heavy (non-hydrogen) atoms. The molecule has 0 aromatic carbocycles. The van der Waals surface area contributed by atoms with Gasteiger partial charge in [-0.1, -0.05) is 20.3 Å². The molecule has 0 saturated heterocycles. The van der Waals surface area contributed by atoms with Crippen LogP contribution in [0, 0.1) is 19.8 Å². The number of aryl methyl sites for hydroxylation is 2. The fourth-order valence-corrected chi connectivity index (χ4v) is 2.32. The van der Waals surface area contributed by atoms with Crippen LogP contribution in [-0.2, 0) is 18.3 Å². The van der Waals surface area contributed by atoms with E-state index < -0.39 is 6.04 Å². The summed E-state index contributed by atoms with van der Waals surface area (Å²) in [4.78, 5) is 12.1. The van der Waals surface area contributed by atoms with Crippen LogP contribution in [0.4, 0.5) is 0 Å². The van der Waals surface area contributed by atoms with Gasteiger partial charge in [0.2, 0.25) is 5.91 Å². The van der Waals surface area contributed by atoms with E-state index in [0.29, 0.717) is 0 Å². The fourth-order valence-electron chi connectivity index (χ4n) is 2.32. The van der Waals surface area contributed by atoms with Gasteiger partial charge in [-0.3, -0.25) is 9.48 Å². The number of nitrogens with zero attached hydrogens (tertiary/aromatic N) is 2. The van der Waals surface area contributed by atoms with Gasteiger partial charge in [0.15, 0.2) is 0 Å². The van der Waals surface area contributed by atoms with Crippen molar-refractivity contribution in [3.05, 3.63) is 17.0 Å². The lowest BCUT2D eigenvalue weighted by Gasteiger charge is -2.21. The Bertz CT molecular complexity index is 467. The van der Waals surface area contributed by atoms with Crippen LogP contribution < -0.4 is 11.1 Å². The molecule has 114 valence electrons. The Labute approximate surface area is 121 Å². The lowest BCUT2D eigenvalue weighted by molar-refractivity contribution is -0.124. The highest BCUT2D eigenvalue weighted by Gasteiger charge is 2.21. The van der Waals surface area contributed by atoms with E-state index in [-0.39, 0.29) is 17.9 Å². The van der Waals surface area contributed by atoms with Crippen LogP contribution in [0.2, 0.25) is 0 Å². The molecule has 0 aliphatic carbocycles. The van der Waals surface area contributed by atoms with Gasteiger partial charge in [0.05, 0.1) is 11.7 Å². The molecule has 5 heteroatoms.